The molecule has 4 rings (SSSR count). The van der Waals surface area contributed by atoms with E-state index in [-0.39, 0.29) is 5.92 Å². The maximum atomic E-state index is 13.0. The monoisotopic (exact) mass is 351 g/mol. The maximum absolute atomic E-state index is 13.0. The summed E-state index contributed by atoms with van der Waals surface area (Å²) in [6.07, 6.45) is 10.6. The lowest BCUT2D eigenvalue weighted by atomic mass is 9.84. The molecule has 2 heterocycles. The van der Waals surface area contributed by atoms with Crippen LogP contribution < -0.4 is 5.01 Å². The van der Waals surface area contributed by atoms with Gasteiger partial charge >= 0.3 is 0 Å². The number of carbonyl (C=O) groups excluding carboxylic acids is 1. The molecule has 1 saturated heterocycles. The molecule has 4 heteroatoms. The fourth-order valence-electron chi connectivity index (χ4n) is 4.11. The van der Waals surface area contributed by atoms with Crippen LogP contribution in [0.25, 0.3) is 0 Å². The molecule has 1 aliphatic carbocycles. The maximum Gasteiger partial charge on any atom is 0.244 e. The number of nitrogens with zero attached hydrogens (tertiary/aromatic N) is 3. The first-order chi connectivity index (χ1) is 12.8. The van der Waals surface area contributed by atoms with Gasteiger partial charge in [0.2, 0.25) is 5.91 Å². The Balaban J connectivity index is 1.35. The Bertz CT molecular complexity index is 685. The van der Waals surface area contributed by atoms with Gasteiger partial charge in [0.1, 0.15) is 0 Å². The van der Waals surface area contributed by atoms with Crippen LogP contribution >= 0.6 is 0 Å². The second-order valence-electron chi connectivity index (χ2n) is 7.68. The third-order valence-electron chi connectivity index (χ3n) is 5.98. The average molecular weight is 351 g/mol. The van der Waals surface area contributed by atoms with Crippen molar-refractivity contribution in [2.45, 2.75) is 44.6 Å². The van der Waals surface area contributed by atoms with Crippen LogP contribution in [0, 0.1) is 5.92 Å². The zero-order valence-corrected chi connectivity index (χ0v) is 15.5. The van der Waals surface area contributed by atoms with Gasteiger partial charge in [0, 0.05) is 37.9 Å². The number of rotatable bonds is 6. The van der Waals surface area contributed by atoms with Crippen molar-refractivity contribution in [3.63, 3.8) is 0 Å². The van der Waals surface area contributed by atoms with E-state index in [1.54, 1.807) is 0 Å². The van der Waals surface area contributed by atoms with Gasteiger partial charge in [0.05, 0.1) is 6.04 Å². The minimum absolute atomic E-state index is 0.244. The fraction of sp³-hybridized carbons (Fsp3) is 0.500. The van der Waals surface area contributed by atoms with Gasteiger partial charge < -0.3 is 4.90 Å². The van der Waals surface area contributed by atoms with Crippen LogP contribution in [0.4, 0.5) is 0 Å². The molecule has 1 aromatic heterocycles. The van der Waals surface area contributed by atoms with E-state index in [0.717, 1.165) is 51.7 Å². The first-order valence-electron chi connectivity index (χ1n) is 10.0. The molecule has 4 nitrogen and oxygen atoms in total. The van der Waals surface area contributed by atoms with Crippen LogP contribution in [0.1, 0.15) is 37.7 Å². The average Bonchev–Trinajstić information content (AvgIpc) is 3.15. The predicted octanol–water partition coefficient (Wildman–Crippen LogP) is 3.46. The van der Waals surface area contributed by atoms with Crippen LogP contribution in [0.2, 0.25) is 0 Å². The van der Waals surface area contributed by atoms with E-state index >= 15 is 0 Å². The van der Waals surface area contributed by atoms with E-state index in [1.807, 2.05) is 29.2 Å². The summed E-state index contributed by atoms with van der Waals surface area (Å²) in [6.45, 7) is 3.26. The molecule has 0 N–H and O–H groups in total. The Morgan fingerprint density at radius 2 is 1.65 bits per heavy atom. The number of piperidine rings is 1. The van der Waals surface area contributed by atoms with Gasteiger partial charge in [0.15, 0.2) is 0 Å². The number of aromatic nitrogens is 1. The van der Waals surface area contributed by atoms with Crippen LogP contribution in [0.15, 0.2) is 54.9 Å². The standard InChI is InChI=1S/C22H29N3O/c26-22(20-9-6-10-20)25(24-14-4-5-15-24)21-12-17-23(18-13-21)16-11-19-7-2-1-3-8-19/h1-5,7-8,14-15,20-21H,6,9-13,16-18H2. The molecule has 1 aromatic carbocycles. The van der Waals surface area contributed by atoms with E-state index < -0.39 is 0 Å². The van der Waals surface area contributed by atoms with Crippen molar-refractivity contribution >= 4 is 5.91 Å². The molecule has 1 saturated carbocycles. The van der Waals surface area contributed by atoms with Crippen molar-refractivity contribution in [2.75, 3.05) is 24.6 Å². The van der Waals surface area contributed by atoms with Crippen molar-refractivity contribution in [3.05, 3.63) is 60.4 Å². The van der Waals surface area contributed by atoms with E-state index in [0.29, 0.717) is 11.9 Å². The van der Waals surface area contributed by atoms with E-state index in [2.05, 4.69) is 40.2 Å². The minimum Gasteiger partial charge on any atom is -0.303 e. The fourth-order valence-corrected chi connectivity index (χ4v) is 4.11. The molecule has 0 atom stereocenters. The predicted molar refractivity (Wildman–Crippen MR) is 105 cm³/mol. The third kappa shape index (κ3) is 3.85. The molecule has 138 valence electrons. The lowest BCUT2D eigenvalue weighted by molar-refractivity contribution is -0.127. The quantitative estimate of drug-likeness (QED) is 0.797. The Morgan fingerprint density at radius 1 is 0.962 bits per heavy atom. The van der Waals surface area contributed by atoms with Crippen molar-refractivity contribution in [3.8, 4) is 0 Å². The molecular weight excluding hydrogens is 322 g/mol. The molecule has 0 radical (unpaired) electrons. The van der Waals surface area contributed by atoms with Crippen molar-refractivity contribution in [2.24, 2.45) is 5.92 Å². The molecule has 0 unspecified atom stereocenters. The second kappa shape index (κ2) is 8.09. The van der Waals surface area contributed by atoms with E-state index in [1.165, 1.54) is 12.0 Å². The summed E-state index contributed by atoms with van der Waals surface area (Å²) in [4.78, 5) is 15.6. The smallest absolute Gasteiger partial charge is 0.244 e. The van der Waals surface area contributed by atoms with Gasteiger partial charge in [-0.3, -0.25) is 9.47 Å². The number of likely N-dealkylation sites (tertiary alicyclic amines) is 1. The minimum atomic E-state index is 0.244. The zero-order chi connectivity index (χ0) is 17.8. The molecule has 2 fully saturated rings. The van der Waals surface area contributed by atoms with E-state index in [9.17, 15) is 4.79 Å². The normalized spacial score (nSPS) is 19.2. The van der Waals surface area contributed by atoms with Crippen molar-refractivity contribution in [1.29, 1.82) is 0 Å². The van der Waals surface area contributed by atoms with Crippen molar-refractivity contribution < 1.29 is 4.79 Å². The third-order valence-corrected chi connectivity index (χ3v) is 5.98. The molecule has 26 heavy (non-hydrogen) atoms. The molecule has 0 spiro atoms. The highest BCUT2D eigenvalue weighted by Gasteiger charge is 2.35. The molecule has 1 amide bonds. The van der Waals surface area contributed by atoms with Crippen LogP contribution in [0.3, 0.4) is 0 Å². The molecule has 2 aromatic rings. The summed E-state index contributed by atoms with van der Waals surface area (Å²) in [5, 5.41) is 2.05. The number of hydrogen-bond acceptors (Lipinski definition) is 2. The molecule has 1 aliphatic heterocycles. The van der Waals surface area contributed by atoms with Gasteiger partial charge in [-0.1, -0.05) is 36.8 Å². The Morgan fingerprint density at radius 3 is 2.27 bits per heavy atom. The second-order valence-corrected chi connectivity index (χ2v) is 7.68. The van der Waals surface area contributed by atoms with Crippen LogP contribution in [-0.2, 0) is 11.2 Å². The Hall–Kier alpha value is -2.07. The highest BCUT2D eigenvalue weighted by atomic mass is 16.2. The number of benzene rings is 1. The van der Waals surface area contributed by atoms with Crippen molar-refractivity contribution in [1.82, 2.24) is 9.58 Å². The van der Waals surface area contributed by atoms with Crippen LogP contribution in [-0.4, -0.2) is 41.2 Å². The van der Waals surface area contributed by atoms with Gasteiger partial charge in [-0.25, -0.2) is 5.01 Å². The largest absolute Gasteiger partial charge is 0.303 e. The highest BCUT2D eigenvalue weighted by molar-refractivity contribution is 5.89. The number of hydrogen-bond donors (Lipinski definition) is 0. The molecule has 0 bridgehead atoms. The van der Waals surface area contributed by atoms with Gasteiger partial charge in [-0.05, 0) is 49.8 Å². The number of carbonyl (C=O) groups is 1. The Labute approximate surface area is 156 Å². The summed E-state index contributed by atoms with van der Waals surface area (Å²) in [7, 11) is 0. The summed E-state index contributed by atoms with van der Waals surface area (Å²) < 4.78 is 2.02. The van der Waals surface area contributed by atoms with Gasteiger partial charge in [0.25, 0.3) is 0 Å². The van der Waals surface area contributed by atoms with Gasteiger partial charge in [-0.15, -0.1) is 0 Å². The zero-order valence-electron chi connectivity index (χ0n) is 15.5. The summed E-state index contributed by atoms with van der Waals surface area (Å²) in [6, 6.07) is 15.1. The first kappa shape index (κ1) is 17.3. The lowest BCUT2D eigenvalue weighted by Gasteiger charge is -2.41. The summed E-state index contributed by atoms with van der Waals surface area (Å²) >= 11 is 0. The summed E-state index contributed by atoms with van der Waals surface area (Å²) in [5.41, 5.74) is 1.41. The molecule has 2 aliphatic rings. The molecular formula is C22H29N3O. The first-order valence-corrected chi connectivity index (χ1v) is 10.0. The SMILES string of the molecule is O=C(C1CCC1)N(C1CCN(CCc2ccccc2)CC1)n1cccc1. The highest BCUT2D eigenvalue weighted by Crippen LogP contribution is 2.30. The van der Waals surface area contributed by atoms with Crippen LogP contribution in [0.5, 0.6) is 0 Å². The number of amides is 1. The summed E-state index contributed by atoms with van der Waals surface area (Å²) in [5.74, 6) is 0.573. The Kier molecular flexibility index (Phi) is 5.40. The van der Waals surface area contributed by atoms with E-state index in [4.69, 9.17) is 0 Å². The van der Waals surface area contributed by atoms with Gasteiger partial charge in [-0.2, -0.15) is 0 Å². The topological polar surface area (TPSA) is 28.5 Å². The lowest BCUT2D eigenvalue weighted by Crippen LogP contribution is -2.55.